The first-order valence-corrected chi connectivity index (χ1v) is 13.7. The van der Waals surface area contributed by atoms with Gasteiger partial charge in [-0.25, -0.2) is 0 Å². The summed E-state index contributed by atoms with van der Waals surface area (Å²) >= 11 is 0. The molecule has 0 aliphatic carbocycles. The van der Waals surface area contributed by atoms with Crippen molar-refractivity contribution in [3.63, 3.8) is 0 Å². The molecule has 0 saturated carbocycles. The maximum absolute atomic E-state index is 11.0. The molecular weight excluding hydrogens is 396 g/mol. The van der Waals surface area contributed by atoms with Crippen molar-refractivity contribution in [2.75, 3.05) is 6.61 Å². The maximum Gasteiger partial charge on any atom is 0.294 e. The lowest BCUT2D eigenvalue weighted by Gasteiger charge is -2.07. The first-order valence-electron chi connectivity index (χ1n) is 12.2. The zero-order valence-corrected chi connectivity index (χ0v) is 19.9. The fourth-order valence-electron chi connectivity index (χ4n) is 3.72. The molecule has 1 aromatic carbocycles. The lowest BCUT2D eigenvalue weighted by Crippen LogP contribution is -2.00. The fourth-order valence-corrected chi connectivity index (χ4v) is 4.20. The van der Waals surface area contributed by atoms with Gasteiger partial charge in [-0.1, -0.05) is 110 Å². The molecule has 0 aliphatic heterocycles. The second-order valence-corrected chi connectivity index (χ2v) is 9.87. The zero-order valence-electron chi connectivity index (χ0n) is 19.1. The molecule has 0 fully saturated rings. The zero-order chi connectivity index (χ0) is 21.9. The minimum atomic E-state index is -4.13. The van der Waals surface area contributed by atoms with Crippen LogP contribution < -0.4 is 4.74 Å². The Hall–Kier alpha value is -1.07. The van der Waals surface area contributed by atoms with Gasteiger partial charge in [0.05, 0.1) is 11.5 Å². The highest BCUT2D eigenvalue weighted by molar-refractivity contribution is 7.85. The van der Waals surface area contributed by atoms with Crippen molar-refractivity contribution in [2.24, 2.45) is 0 Å². The molecule has 0 unspecified atom stereocenters. The quantitative estimate of drug-likeness (QED) is 0.165. The summed E-state index contributed by atoms with van der Waals surface area (Å²) in [5.74, 6) is 0.638. The molecule has 0 amide bonds. The van der Waals surface area contributed by atoms with Crippen molar-refractivity contribution < 1.29 is 17.7 Å². The average Bonchev–Trinajstić information content (AvgIpc) is 2.72. The number of benzene rings is 1. The van der Waals surface area contributed by atoms with Crippen LogP contribution >= 0.6 is 0 Å². The van der Waals surface area contributed by atoms with Gasteiger partial charge in [-0.15, -0.1) is 0 Å². The Bertz CT molecular complexity index is 611. The van der Waals surface area contributed by atoms with Gasteiger partial charge in [0.15, 0.2) is 0 Å². The van der Waals surface area contributed by atoms with Crippen molar-refractivity contribution in [2.45, 2.75) is 121 Å². The summed E-state index contributed by atoms with van der Waals surface area (Å²) < 4.78 is 36.6. The van der Waals surface area contributed by atoms with E-state index >= 15 is 0 Å². The standard InChI is InChI=1S/C25H44O4S/c1-2-3-4-5-6-7-8-9-10-11-12-13-14-15-16-17-18-23-29-24-19-21-25(22-20-24)30(26,27)28/h19-22H,2-18,23H2,1H3,(H,26,27,28). The van der Waals surface area contributed by atoms with Crippen LogP contribution in [0, 0.1) is 0 Å². The molecule has 5 heteroatoms. The van der Waals surface area contributed by atoms with E-state index in [9.17, 15) is 8.42 Å². The molecule has 1 N–H and O–H groups in total. The van der Waals surface area contributed by atoms with E-state index in [-0.39, 0.29) is 4.90 Å². The Morgan fingerprint density at radius 3 is 1.37 bits per heavy atom. The number of hydrogen-bond acceptors (Lipinski definition) is 3. The van der Waals surface area contributed by atoms with E-state index in [4.69, 9.17) is 9.29 Å². The van der Waals surface area contributed by atoms with Crippen LogP contribution in [-0.4, -0.2) is 19.6 Å². The van der Waals surface area contributed by atoms with Gasteiger partial charge in [0.1, 0.15) is 5.75 Å². The van der Waals surface area contributed by atoms with Crippen LogP contribution in [0.3, 0.4) is 0 Å². The van der Waals surface area contributed by atoms with E-state index in [0.29, 0.717) is 12.4 Å². The van der Waals surface area contributed by atoms with Gasteiger partial charge in [-0.05, 0) is 30.7 Å². The van der Waals surface area contributed by atoms with Crippen LogP contribution in [0.4, 0.5) is 0 Å². The van der Waals surface area contributed by atoms with Crippen LogP contribution in [0.5, 0.6) is 5.75 Å². The molecule has 0 bridgehead atoms. The lowest BCUT2D eigenvalue weighted by molar-refractivity contribution is 0.304. The average molecular weight is 441 g/mol. The largest absolute Gasteiger partial charge is 0.494 e. The summed E-state index contributed by atoms with van der Waals surface area (Å²) in [5, 5.41) is 0. The Labute approximate surface area is 185 Å². The third kappa shape index (κ3) is 14.8. The SMILES string of the molecule is CCCCCCCCCCCCCCCCCCCOc1ccc(S(=O)(=O)O)cc1. The molecular formula is C25H44O4S. The minimum absolute atomic E-state index is 0.104. The molecule has 0 spiro atoms. The highest BCUT2D eigenvalue weighted by Crippen LogP contribution is 2.17. The predicted octanol–water partition coefficient (Wildman–Crippen LogP) is 7.96. The molecule has 30 heavy (non-hydrogen) atoms. The van der Waals surface area contributed by atoms with Gasteiger partial charge >= 0.3 is 0 Å². The number of rotatable bonds is 20. The summed E-state index contributed by atoms with van der Waals surface area (Å²) in [6.07, 6.45) is 23.0. The van der Waals surface area contributed by atoms with Crippen molar-refractivity contribution >= 4 is 10.1 Å². The lowest BCUT2D eigenvalue weighted by atomic mass is 10.0. The fraction of sp³-hybridized carbons (Fsp3) is 0.760. The summed E-state index contributed by atoms with van der Waals surface area (Å²) in [4.78, 5) is -0.104. The highest BCUT2D eigenvalue weighted by Gasteiger charge is 2.08. The monoisotopic (exact) mass is 440 g/mol. The van der Waals surface area contributed by atoms with Crippen LogP contribution in [0.1, 0.15) is 116 Å². The van der Waals surface area contributed by atoms with Crippen LogP contribution in [0.15, 0.2) is 29.2 Å². The maximum atomic E-state index is 11.0. The first kappa shape index (κ1) is 27.0. The summed E-state index contributed by atoms with van der Waals surface area (Å²) in [7, 11) is -4.13. The molecule has 4 nitrogen and oxygen atoms in total. The second-order valence-electron chi connectivity index (χ2n) is 8.45. The van der Waals surface area contributed by atoms with Gasteiger partial charge in [-0.3, -0.25) is 4.55 Å². The van der Waals surface area contributed by atoms with Crippen molar-refractivity contribution in [1.82, 2.24) is 0 Å². The van der Waals surface area contributed by atoms with E-state index in [1.807, 2.05) is 0 Å². The molecule has 0 atom stereocenters. The molecule has 0 saturated heterocycles. The van der Waals surface area contributed by atoms with E-state index in [2.05, 4.69) is 6.92 Å². The second kappa shape index (κ2) is 17.6. The minimum Gasteiger partial charge on any atom is -0.494 e. The van der Waals surface area contributed by atoms with Crippen molar-refractivity contribution in [1.29, 1.82) is 0 Å². The summed E-state index contributed by atoms with van der Waals surface area (Å²) in [5.41, 5.74) is 0. The third-order valence-electron chi connectivity index (χ3n) is 5.64. The molecule has 0 aliphatic rings. The summed E-state index contributed by atoms with van der Waals surface area (Å²) in [6, 6.07) is 5.88. The van der Waals surface area contributed by atoms with Gasteiger partial charge in [-0.2, -0.15) is 8.42 Å². The van der Waals surface area contributed by atoms with Gasteiger partial charge in [0.2, 0.25) is 0 Å². The Kier molecular flexibility index (Phi) is 15.8. The summed E-state index contributed by atoms with van der Waals surface area (Å²) in [6.45, 7) is 2.92. The normalized spacial score (nSPS) is 11.7. The van der Waals surface area contributed by atoms with Gasteiger partial charge in [0, 0.05) is 0 Å². The highest BCUT2D eigenvalue weighted by atomic mass is 32.2. The van der Waals surface area contributed by atoms with E-state index < -0.39 is 10.1 Å². The van der Waals surface area contributed by atoms with Crippen molar-refractivity contribution in [3.8, 4) is 5.75 Å². The molecule has 0 heterocycles. The topological polar surface area (TPSA) is 63.6 Å². The van der Waals surface area contributed by atoms with Crippen molar-refractivity contribution in [3.05, 3.63) is 24.3 Å². The first-order chi connectivity index (χ1) is 14.5. The van der Waals surface area contributed by atoms with Crippen LogP contribution in [0.25, 0.3) is 0 Å². The number of hydrogen-bond donors (Lipinski definition) is 1. The van der Waals surface area contributed by atoms with Crippen LogP contribution in [-0.2, 0) is 10.1 Å². The smallest absolute Gasteiger partial charge is 0.294 e. The number of ether oxygens (including phenoxy) is 1. The molecule has 0 radical (unpaired) electrons. The van der Waals surface area contributed by atoms with Gasteiger partial charge < -0.3 is 4.74 Å². The molecule has 1 aromatic rings. The van der Waals surface area contributed by atoms with E-state index in [1.54, 1.807) is 12.1 Å². The predicted molar refractivity (Wildman–Crippen MR) is 126 cm³/mol. The molecule has 1 rings (SSSR count). The third-order valence-corrected chi connectivity index (χ3v) is 6.51. The Morgan fingerprint density at radius 2 is 1.00 bits per heavy atom. The number of unbranched alkanes of at least 4 members (excludes halogenated alkanes) is 16. The van der Waals surface area contributed by atoms with Crippen LogP contribution in [0.2, 0.25) is 0 Å². The van der Waals surface area contributed by atoms with E-state index in [0.717, 1.165) is 6.42 Å². The Morgan fingerprint density at radius 1 is 0.633 bits per heavy atom. The molecule has 174 valence electrons. The molecule has 0 aromatic heterocycles. The van der Waals surface area contributed by atoms with Gasteiger partial charge in [0.25, 0.3) is 10.1 Å². The van der Waals surface area contributed by atoms with E-state index in [1.165, 1.54) is 115 Å². The Balaban J connectivity index is 1.82.